The highest BCUT2D eigenvalue weighted by molar-refractivity contribution is 5.86. The van der Waals surface area contributed by atoms with Gasteiger partial charge in [0.05, 0.1) is 17.9 Å². The summed E-state index contributed by atoms with van der Waals surface area (Å²) >= 11 is 0. The Balaban J connectivity index is 2.10. The van der Waals surface area contributed by atoms with E-state index in [9.17, 15) is 9.59 Å². The molecule has 4 heteroatoms. The number of carboxylic acids is 1. The fourth-order valence-corrected chi connectivity index (χ4v) is 2.94. The van der Waals surface area contributed by atoms with Crippen molar-refractivity contribution in [1.29, 1.82) is 0 Å². The molecule has 1 fully saturated rings. The molecule has 1 aliphatic rings. The minimum absolute atomic E-state index is 0.0690. The van der Waals surface area contributed by atoms with E-state index < -0.39 is 11.9 Å². The smallest absolute Gasteiger partial charge is 0.307 e. The van der Waals surface area contributed by atoms with Crippen LogP contribution in [0.25, 0.3) is 0 Å². The largest absolute Gasteiger partial charge is 0.481 e. The fourth-order valence-electron chi connectivity index (χ4n) is 2.94. The summed E-state index contributed by atoms with van der Waals surface area (Å²) in [6, 6.07) is 9.80. The molecular weight excluding hydrogens is 278 g/mol. The van der Waals surface area contributed by atoms with Crippen LogP contribution in [0, 0.1) is 17.3 Å². The van der Waals surface area contributed by atoms with Crippen LogP contribution in [-0.4, -0.2) is 17.0 Å². The van der Waals surface area contributed by atoms with Gasteiger partial charge in [-0.1, -0.05) is 51.1 Å². The summed E-state index contributed by atoms with van der Waals surface area (Å²) < 4.78 is 0. The van der Waals surface area contributed by atoms with Crippen LogP contribution < -0.4 is 5.32 Å². The summed E-state index contributed by atoms with van der Waals surface area (Å²) in [7, 11) is 0. The number of carbonyl (C=O) groups excluding carboxylic acids is 1. The van der Waals surface area contributed by atoms with Crippen molar-refractivity contribution in [3.05, 3.63) is 35.9 Å². The summed E-state index contributed by atoms with van der Waals surface area (Å²) in [6.07, 6.45) is 2.08. The molecule has 2 rings (SSSR count). The van der Waals surface area contributed by atoms with Crippen molar-refractivity contribution in [3.63, 3.8) is 0 Å². The molecule has 0 radical (unpaired) electrons. The second kappa shape index (κ2) is 6.51. The van der Waals surface area contributed by atoms with Crippen LogP contribution in [0.3, 0.4) is 0 Å². The topological polar surface area (TPSA) is 66.4 Å². The second-order valence-electron chi connectivity index (χ2n) is 7.37. The van der Waals surface area contributed by atoms with Gasteiger partial charge in [0.25, 0.3) is 0 Å². The number of hydrogen-bond donors (Lipinski definition) is 2. The maximum atomic E-state index is 12.4. The fraction of sp³-hybridized carbons (Fsp3) is 0.556. The Morgan fingerprint density at radius 1 is 1.18 bits per heavy atom. The maximum absolute atomic E-state index is 12.4. The molecule has 4 nitrogen and oxygen atoms in total. The molecule has 2 N–H and O–H groups in total. The summed E-state index contributed by atoms with van der Waals surface area (Å²) in [6.45, 7) is 6.41. The predicted molar refractivity (Wildman–Crippen MR) is 85.2 cm³/mol. The van der Waals surface area contributed by atoms with E-state index in [-0.39, 0.29) is 23.3 Å². The zero-order valence-corrected chi connectivity index (χ0v) is 13.5. The van der Waals surface area contributed by atoms with E-state index in [4.69, 9.17) is 5.11 Å². The number of amides is 1. The van der Waals surface area contributed by atoms with Crippen LogP contribution in [0.1, 0.15) is 51.6 Å². The van der Waals surface area contributed by atoms with Crippen LogP contribution in [0.5, 0.6) is 0 Å². The first kappa shape index (κ1) is 16.5. The quantitative estimate of drug-likeness (QED) is 0.876. The highest BCUT2D eigenvalue weighted by Gasteiger charge is 2.42. The SMILES string of the molecule is CC(C)(C)CC(NC(=O)C1CCC1C(=O)O)c1ccccc1. The second-order valence-corrected chi connectivity index (χ2v) is 7.37. The average Bonchev–Trinajstić information content (AvgIpc) is 2.35. The standard InChI is InChI=1S/C18H25NO3/c1-18(2,3)11-15(12-7-5-4-6-8-12)19-16(20)13-9-10-14(13)17(21)22/h4-8,13-15H,9-11H2,1-3H3,(H,19,20)(H,21,22). The van der Waals surface area contributed by atoms with Crippen LogP contribution in [0.15, 0.2) is 30.3 Å². The van der Waals surface area contributed by atoms with E-state index in [1.807, 2.05) is 30.3 Å². The van der Waals surface area contributed by atoms with Crippen molar-refractivity contribution >= 4 is 11.9 Å². The van der Waals surface area contributed by atoms with Crippen molar-refractivity contribution in [1.82, 2.24) is 5.32 Å². The van der Waals surface area contributed by atoms with Gasteiger partial charge >= 0.3 is 5.97 Å². The van der Waals surface area contributed by atoms with E-state index in [0.29, 0.717) is 12.8 Å². The van der Waals surface area contributed by atoms with Gasteiger partial charge in [0.1, 0.15) is 0 Å². The molecule has 120 valence electrons. The molecule has 1 amide bonds. The number of rotatable bonds is 5. The lowest BCUT2D eigenvalue weighted by Gasteiger charge is -2.35. The minimum Gasteiger partial charge on any atom is -0.481 e. The van der Waals surface area contributed by atoms with Gasteiger partial charge < -0.3 is 10.4 Å². The van der Waals surface area contributed by atoms with E-state index in [2.05, 4.69) is 26.1 Å². The predicted octanol–water partition coefficient (Wildman–Crippen LogP) is 3.39. The minimum atomic E-state index is -0.863. The van der Waals surface area contributed by atoms with Gasteiger partial charge in [-0.2, -0.15) is 0 Å². The Bertz CT molecular complexity index is 533. The Kier molecular flexibility index (Phi) is 4.89. The van der Waals surface area contributed by atoms with E-state index in [1.165, 1.54) is 0 Å². The van der Waals surface area contributed by atoms with Crippen LogP contribution in [0.2, 0.25) is 0 Å². The lowest BCUT2D eigenvalue weighted by atomic mass is 9.73. The molecule has 1 saturated carbocycles. The lowest BCUT2D eigenvalue weighted by Crippen LogP contribution is -2.45. The zero-order valence-electron chi connectivity index (χ0n) is 13.5. The normalized spacial score (nSPS) is 22.5. The van der Waals surface area contributed by atoms with Crippen LogP contribution >= 0.6 is 0 Å². The van der Waals surface area contributed by atoms with Crippen molar-refractivity contribution in [2.24, 2.45) is 17.3 Å². The van der Waals surface area contributed by atoms with Gasteiger partial charge in [0.15, 0.2) is 0 Å². The summed E-state index contributed by atoms with van der Waals surface area (Å²) in [5.74, 6) is -1.90. The average molecular weight is 303 g/mol. The van der Waals surface area contributed by atoms with Gasteiger partial charge in [0, 0.05) is 0 Å². The van der Waals surface area contributed by atoms with Crippen molar-refractivity contribution in [2.45, 2.75) is 46.1 Å². The zero-order chi connectivity index (χ0) is 16.3. The summed E-state index contributed by atoms with van der Waals surface area (Å²) in [4.78, 5) is 23.5. The van der Waals surface area contributed by atoms with Gasteiger partial charge in [-0.05, 0) is 30.2 Å². The van der Waals surface area contributed by atoms with Gasteiger partial charge in [-0.25, -0.2) is 0 Å². The molecule has 1 aromatic carbocycles. The first-order chi connectivity index (χ1) is 10.3. The third kappa shape index (κ3) is 4.09. The molecule has 22 heavy (non-hydrogen) atoms. The highest BCUT2D eigenvalue weighted by Crippen LogP contribution is 2.36. The molecule has 3 atom stereocenters. The van der Waals surface area contributed by atoms with Gasteiger partial charge in [-0.15, -0.1) is 0 Å². The molecule has 0 heterocycles. The van der Waals surface area contributed by atoms with Gasteiger partial charge in [0.2, 0.25) is 5.91 Å². The molecular formula is C18H25NO3. The Hall–Kier alpha value is -1.84. The highest BCUT2D eigenvalue weighted by atomic mass is 16.4. The molecule has 1 aromatic rings. The molecule has 0 bridgehead atoms. The number of nitrogens with one attached hydrogen (secondary N) is 1. The molecule has 0 spiro atoms. The maximum Gasteiger partial charge on any atom is 0.307 e. The lowest BCUT2D eigenvalue weighted by molar-refractivity contribution is -0.153. The van der Waals surface area contributed by atoms with E-state index in [0.717, 1.165) is 12.0 Å². The number of carbonyl (C=O) groups is 2. The monoisotopic (exact) mass is 303 g/mol. The number of carboxylic acid groups (broad SMARTS) is 1. The number of hydrogen-bond acceptors (Lipinski definition) is 2. The first-order valence-corrected chi connectivity index (χ1v) is 7.86. The van der Waals surface area contributed by atoms with Crippen molar-refractivity contribution in [3.8, 4) is 0 Å². The summed E-state index contributed by atoms with van der Waals surface area (Å²) in [5.41, 5.74) is 1.14. The van der Waals surface area contributed by atoms with Gasteiger partial charge in [-0.3, -0.25) is 9.59 Å². The number of aliphatic carboxylic acids is 1. The molecule has 0 saturated heterocycles. The Labute approximate surface area is 131 Å². The van der Waals surface area contributed by atoms with Crippen molar-refractivity contribution in [2.75, 3.05) is 0 Å². The molecule has 3 unspecified atom stereocenters. The number of benzene rings is 1. The van der Waals surface area contributed by atoms with Crippen molar-refractivity contribution < 1.29 is 14.7 Å². The first-order valence-electron chi connectivity index (χ1n) is 7.86. The third-order valence-corrected chi connectivity index (χ3v) is 4.26. The molecule has 0 aromatic heterocycles. The van der Waals surface area contributed by atoms with E-state index in [1.54, 1.807) is 0 Å². The van der Waals surface area contributed by atoms with Crippen LogP contribution in [-0.2, 0) is 9.59 Å². The Morgan fingerprint density at radius 3 is 2.23 bits per heavy atom. The third-order valence-electron chi connectivity index (χ3n) is 4.26. The van der Waals surface area contributed by atoms with E-state index >= 15 is 0 Å². The Morgan fingerprint density at radius 2 is 1.77 bits per heavy atom. The van der Waals surface area contributed by atoms with Crippen LogP contribution in [0.4, 0.5) is 0 Å². The molecule has 1 aliphatic carbocycles. The molecule has 0 aliphatic heterocycles. The summed E-state index contributed by atoms with van der Waals surface area (Å²) in [5, 5.41) is 12.2.